The van der Waals surface area contributed by atoms with Crippen molar-refractivity contribution < 1.29 is 9.90 Å². The van der Waals surface area contributed by atoms with Gasteiger partial charge >= 0.3 is 0 Å². The summed E-state index contributed by atoms with van der Waals surface area (Å²) in [6, 6.07) is 0. The summed E-state index contributed by atoms with van der Waals surface area (Å²) >= 11 is 5.67. The lowest BCUT2D eigenvalue weighted by molar-refractivity contribution is -0.109. The maximum Gasteiger partial charge on any atom is 0.138 e. The predicted octanol–water partition coefficient (Wildman–Crippen LogP) is 0.696. The maximum atomic E-state index is 10.1. The minimum Gasteiger partial charge on any atom is -0.385 e. The van der Waals surface area contributed by atoms with Crippen LogP contribution in [0.2, 0.25) is 5.15 Å². The van der Waals surface area contributed by atoms with Gasteiger partial charge in [-0.3, -0.25) is 0 Å². The monoisotopic (exact) mass is 188 g/mol. The average Bonchev–Trinajstić information content (AvgIpc) is 2.34. The molecule has 5 heteroatoms. The second-order valence-electron chi connectivity index (χ2n) is 2.42. The van der Waals surface area contributed by atoms with E-state index in [9.17, 15) is 9.90 Å². The predicted molar refractivity (Wildman–Crippen MR) is 43.9 cm³/mol. The first kappa shape index (κ1) is 9.22. The highest BCUT2D eigenvalue weighted by atomic mass is 35.5. The summed E-state index contributed by atoms with van der Waals surface area (Å²) in [5.41, 5.74) is 0. The van der Waals surface area contributed by atoms with Crippen molar-refractivity contribution in [3.05, 3.63) is 17.2 Å². The van der Waals surface area contributed by atoms with E-state index in [-0.39, 0.29) is 6.42 Å². The van der Waals surface area contributed by atoms with Crippen LogP contribution in [0, 0.1) is 0 Å². The molecule has 0 saturated carbocycles. The number of carbonyl (C=O) groups excluding carboxylic acids is 1. The smallest absolute Gasteiger partial charge is 0.138 e. The van der Waals surface area contributed by atoms with Crippen LogP contribution >= 0.6 is 11.6 Å². The summed E-state index contributed by atoms with van der Waals surface area (Å²) in [6.45, 7) is 0. The molecular formula is C7H9ClN2O2. The Morgan fingerprint density at radius 1 is 1.92 bits per heavy atom. The summed E-state index contributed by atoms with van der Waals surface area (Å²) in [5.74, 6) is 0.409. The standard InChI is InChI=1S/C7H9ClN2O2/c1-10-6(8)4-9-7(10)5(12)2-3-11/h3-5,12H,2H2,1H3. The first-order chi connectivity index (χ1) is 5.66. The normalized spacial score (nSPS) is 12.9. The van der Waals surface area contributed by atoms with E-state index in [1.807, 2.05) is 0 Å². The maximum absolute atomic E-state index is 10.1. The lowest BCUT2D eigenvalue weighted by atomic mass is 10.2. The molecule has 1 aromatic heterocycles. The molecule has 12 heavy (non-hydrogen) atoms. The van der Waals surface area contributed by atoms with Crippen LogP contribution < -0.4 is 0 Å². The molecule has 0 spiro atoms. The zero-order chi connectivity index (χ0) is 9.14. The number of aromatic nitrogens is 2. The van der Waals surface area contributed by atoms with Crippen LogP contribution in [-0.2, 0) is 11.8 Å². The van der Waals surface area contributed by atoms with Gasteiger partial charge in [0.05, 0.1) is 6.20 Å². The fraction of sp³-hybridized carbons (Fsp3) is 0.429. The molecule has 0 aliphatic carbocycles. The number of hydrogen-bond acceptors (Lipinski definition) is 3. The third-order valence-corrected chi connectivity index (χ3v) is 1.94. The Kier molecular flexibility index (Phi) is 2.83. The summed E-state index contributed by atoms with van der Waals surface area (Å²) in [5, 5.41) is 9.78. The topological polar surface area (TPSA) is 55.1 Å². The van der Waals surface area contributed by atoms with Crippen LogP contribution in [-0.4, -0.2) is 20.9 Å². The van der Waals surface area contributed by atoms with E-state index in [1.54, 1.807) is 7.05 Å². The number of halogens is 1. The van der Waals surface area contributed by atoms with Gasteiger partial charge in [-0.05, 0) is 0 Å². The quantitative estimate of drug-likeness (QED) is 0.711. The zero-order valence-electron chi connectivity index (χ0n) is 6.57. The molecule has 1 aromatic rings. The number of carbonyl (C=O) groups is 1. The molecule has 0 saturated heterocycles. The number of hydrogen-bond donors (Lipinski definition) is 1. The molecule has 4 nitrogen and oxygen atoms in total. The van der Waals surface area contributed by atoms with Gasteiger partial charge in [0.15, 0.2) is 0 Å². The zero-order valence-corrected chi connectivity index (χ0v) is 7.32. The van der Waals surface area contributed by atoms with Crippen molar-refractivity contribution in [2.45, 2.75) is 12.5 Å². The van der Waals surface area contributed by atoms with E-state index < -0.39 is 6.10 Å². The second-order valence-corrected chi connectivity index (χ2v) is 2.80. The average molecular weight is 189 g/mol. The van der Waals surface area contributed by atoms with Crippen LogP contribution in [0.25, 0.3) is 0 Å². The van der Waals surface area contributed by atoms with Gasteiger partial charge in [-0.2, -0.15) is 0 Å². The highest BCUT2D eigenvalue weighted by Crippen LogP contribution is 2.17. The fourth-order valence-corrected chi connectivity index (χ4v) is 1.04. The SMILES string of the molecule is Cn1c(Cl)cnc1C(O)CC=O. The lowest BCUT2D eigenvalue weighted by Crippen LogP contribution is -2.06. The molecule has 0 aliphatic rings. The Morgan fingerprint density at radius 3 is 3.00 bits per heavy atom. The number of nitrogens with zero attached hydrogens (tertiary/aromatic N) is 2. The van der Waals surface area contributed by atoms with E-state index in [0.717, 1.165) is 0 Å². The van der Waals surface area contributed by atoms with Crippen molar-refractivity contribution in [3.63, 3.8) is 0 Å². The van der Waals surface area contributed by atoms with E-state index in [2.05, 4.69) is 4.98 Å². The van der Waals surface area contributed by atoms with Gasteiger partial charge in [0.1, 0.15) is 23.4 Å². The molecule has 0 fully saturated rings. The van der Waals surface area contributed by atoms with E-state index in [1.165, 1.54) is 10.8 Å². The highest BCUT2D eigenvalue weighted by molar-refractivity contribution is 6.29. The molecule has 1 unspecified atom stereocenters. The van der Waals surface area contributed by atoms with Crippen molar-refractivity contribution in [2.75, 3.05) is 0 Å². The summed E-state index contributed by atoms with van der Waals surface area (Å²) in [4.78, 5) is 13.9. The molecule has 0 radical (unpaired) electrons. The van der Waals surface area contributed by atoms with E-state index in [4.69, 9.17) is 11.6 Å². The van der Waals surface area contributed by atoms with Crippen molar-refractivity contribution in [2.24, 2.45) is 7.05 Å². The van der Waals surface area contributed by atoms with Crippen molar-refractivity contribution in [3.8, 4) is 0 Å². The number of aliphatic hydroxyl groups excluding tert-OH is 1. The molecule has 1 heterocycles. The molecule has 66 valence electrons. The van der Waals surface area contributed by atoms with Crippen LogP contribution in [0.3, 0.4) is 0 Å². The molecule has 1 N–H and O–H groups in total. The highest BCUT2D eigenvalue weighted by Gasteiger charge is 2.13. The van der Waals surface area contributed by atoms with Gasteiger partial charge in [-0.25, -0.2) is 4.98 Å². The number of imidazole rings is 1. The van der Waals surface area contributed by atoms with Crippen LogP contribution in [0.4, 0.5) is 0 Å². The summed E-state index contributed by atoms with van der Waals surface area (Å²) in [6.07, 6.45) is 1.26. The van der Waals surface area contributed by atoms with Crippen LogP contribution in [0.5, 0.6) is 0 Å². The Labute approximate surface area is 74.8 Å². The first-order valence-electron chi connectivity index (χ1n) is 3.45. The molecule has 1 atom stereocenters. The van der Waals surface area contributed by atoms with Crippen molar-refractivity contribution >= 4 is 17.9 Å². The largest absolute Gasteiger partial charge is 0.385 e. The van der Waals surface area contributed by atoms with Crippen LogP contribution in [0.1, 0.15) is 18.3 Å². The third-order valence-electron chi connectivity index (χ3n) is 1.58. The van der Waals surface area contributed by atoms with Gasteiger partial charge in [0.2, 0.25) is 0 Å². The molecular weight excluding hydrogens is 180 g/mol. The lowest BCUT2D eigenvalue weighted by Gasteiger charge is -2.06. The minimum absolute atomic E-state index is 0.0428. The molecule has 0 bridgehead atoms. The fourth-order valence-electron chi connectivity index (χ4n) is 0.908. The van der Waals surface area contributed by atoms with Crippen molar-refractivity contribution in [1.82, 2.24) is 9.55 Å². The number of aldehydes is 1. The Bertz CT molecular complexity index is 285. The second kappa shape index (κ2) is 3.69. The summed E-state index contributed by atoms with van der Waals surface area (Å²) < 4.78 is 1.54. The van der Waals surface area contributed by atoms with E-state index >= 15 is 0 Å². The van der Waals surface area contributed by atoms with E-state index in [0.29, 0.717) is 17.3 Å². The van der Waals surface area contributed by atoms with Gasteiger partial charge in [0.25, 0.3) is 0 Å². The van der Waals surface area contributed by atoms with Crippen molar-refractivity contribution in [1.29, 1.82) is 0 Å². The van der Waals surface area contributed by atoms with Gasteiger partial charge in [-0.1, -0.05) is 11.6 Å². The molecule has 0 aromatic carbocycles. The molecule has 1 rings (SSSR count). The Morgan fingerprint density at radius 2 is 2.58 bits per heavy atom. The minimum atomic E-state index is -0.861. The first-order valence-corrected chi connectivity index (χ1v) is 3.83. The molecule has 0 amide bonds. The van der Waals surface area contributed by atoms with Gasteiger partial charge in [-0.15, -0.1) is 0 Å². The third kappa shape index (κ3) is 1.65. The van der Waals surface area contributed by atoms with Gasteiger partial charge < -0.3 is 14.5 Å². The number of aliphatic hydroxyl groups is 1. The Balaban J connectivity index is 2.87. The summed E-state index contributed by atoms with van der Waals surface area (Å²) in [7, 11) is 1.68. The Hall–Kier alpha value is -0.870. The number of rotatable bonds is 3. The van der Waals surface area contributed by atoms with Gasteiger partial charge in [0, 0.05) is 13.5 Å². The van der Waals surface area contributed by atoms with Crippen LogP contribution in [0.15, 0.2) is 6.20 Å². The molecule has 0 aliphatic heterocycles.